The number of carbonyl (C=O) groups is 1. The molecule has 0 bridgehead atoms. The van der Waals surface area contributed by atoms with Crippen molar-refractivity contribution in [3.8, 4) is 5.75 Å². The predicted molar refractivity (Wildman–Crippen MR) is 70.8 cm³/mol. The Morgan fingerprint density at radius 3 is 3.00 bits per heavy atom. The Labute approximate surface area is 109 Å². The molecular weight excluding hydrogens is 248 g/mol. The van der Waals surface area contributed by atoms with E-state index in [1.54, 1.807) is 35.6 Å². The first-order valence-electron chi connectivity index (χ1n) is 5.65. The van der Waals surface area contributed by atoms with Gasteiger partial charge in [-0.2, -0.15) is 0 Å². The van der Waals surface area contributed by atoms with Crippen molar-refractivity contribution < 1.29 is 9.53 Å². The molecule has 0 fully saturated rings. The number of benzene rings is 1. The Kier molecular flexibility index (Phi) is 3.94. The molecule has 0 aliphatic carbocycles. The van der Waals surface area contributed by atoms with Gasteiger partial charge in [0.15, 0.2) is 0 Å². The van der Waals surface area contributed by atoms with E-state index in [1.165, 1.54) is 0 Å². The average molecular weight is 262 g/mol. The first kappa shape index (κ1) is 12.6. The van der Waals surface area contributed by atoms with Crippen LogP contribution in [0.25, 0.3) is 0 Å². The quantitative estimate of drug-likeness (QED) is 0.899. The van der Waals surface area contributed by atoms with Crippen LogP contribution in [0.15, 0.2) is 29.6 Å². The number of hydrogen-bond donors (Lipinski definition) is 1. The zero-order chi connectivity index (χ0) is 13.0. The van der Waals surface area contributed by atoms with Gasteiger partial charge in [-0.05, 0) is 24.6 Å². The van der Waals surface area contributed by atoms with Crippen LogP contribution >= 0.6 is 11.3 Å². The first-order chi connectivity index (χ1) is 8.69. The highest BCUT2D eigenvalue weighted by Gasteiger charge is 2.04. The number of thiazole rings is 1. The number of ether oxygens (including phenoxy) is 1. The monoisotopic (exact) mass is 262 g/mol. The fraction of sp³-hybridized carbons (Fsp3) is 0.231. The van der Waals surface area contributed by atoms with Gasteiger partial charge < -0.3 is 10.5 Å². The van der Waals surface area contributed by atoms with Crippen molar-refractivity contribution in [2.75, 3.05) is 0 Å². The maximum Gasteiger partial charge on any atom is 0.248 e. The summed E-state index contributed by atoms with van der Waals surface area (Å²) in [7, 11) is 0. The van der Waals surface area contributed by atoms with Crippen molar-refractivity contribution in [2.24, 2.45) is 5.73 Å². The van der Waals surface area contributed by atoms with Crippen molar-refractivity contribution in [1.29, 1.82) is 0 Å². The van der Waals surface area contributed by atoms with E-state index >= 15 is 0 Å². The normalized spacial score (nSPS) is 10.3. The summed E-state index contributed by atoms with van der Waals surface area (Å²) in [5.74, 6) is 0.166. The maximum absolute atomic E-state index is 11.0. The average Bonchev–Trinajstić information content (AvgIpc) is 2.84. The van der Waals surface area contributed by atoms with Crippen molar-refractivity contribution >= 4 is 17.2 Å². The van der Waals surface area contributed by atoms with E-state index in [-0.39, 0.29) is 0 Å². The zero-order valence-corrected chi connectivity index (χ0v) is 10.9. The molecule has 0 aliphatic rings. The minimum absolute atomic E-state index is 0.402. The molecular formula is C13H14N2O2S. The summed E-state index contributed by atoms with van der Waals surface area (Å²) in [6, 6.07) is 6.83. The standard InChI is InChI=1S/C13H14N2O2S/c1-2-12-15-10(8-18-12)7-17-11-5-3-4-9(6-11)13(14)16/h3-6,8H,2,7H2,1H3,(H2,14,16). The molecule has 1 aromatic carbocycles. The van der Waals surface area contributed by atoms with Crippen LogP contribution in [0.2, 0.25) is 0 Å². The lowest BCUT2D eigenvalue weighted by Crippen LogP contribution is -2.10. The van der Waals surface area contributed by atoms with Gasteiger partial charge in [-0.3, -0.25) is 4.79 Å². The Morgan fingerprint density at radius 1 is 1.50 bits per heavy atom. The lowest BCUT2D eigenvalue weighted by molar-refractivity contribution is 0.1000. The van der Waals surface area contributed by atoms with E-state index in [0.29, 0.717) is 17.9 Å². The third-order valence-electron chi connectivity index (χ3n) is 2.41. The Bertz CT molecular complexity index is 551. The SMILES string of the molecule is CCc1nc(COc2cccc(C(N)=O)c2)cs1. The van der Waals surface area contributed by atoms with Gasteiger partial charge >= 0.3 is 0 Å². The van der Waals surface area contributed by atoms with Gasteiger partial charge in [0.05, 0.1) is 10.7 Å². The van der Waals surface area contributed by atoms with Crippen LogP contribution in [0, 0.1) is 0 Å². The highest BCUT2D eigenvalue weighted by Crippen LogP contribution is 2.16. The van der Waals surface area contributed by atoms with Gasteiger partial charge in [0.25, 0.3) is 0 Å². The first-order valence-corrected chi connectivity index (χ1v) is 6.53. The van der Waals surface area contributed by atoms with Crippen LogP contribution < -0.4 is 10.5 Å². The molecule has 18 heavy (non-hydrogen) atoms. The van der Waals surface area contributed by atoms with Crippen LogP contribution in [-0.4, -0.2) is 10.9 Å². The van der Waals surface area contributed by atoms with E-state index in [4.69, 9.17) is 10.5 Å². The van der Waals surface area contributed by atoms with Crippen molar-refractivity contribution in [1.82, 2.24) is 4.98 Å². The second-order valence-electron chi connectivity index (χ2n) is 3.77. The lowest BCUT2D eigenvalue weighted by atomic mass is 10.2. The minimum Gasteiger partial charge on any atom is -0.487 e. The van der Waals surface area contributed by atoms with E-state index in [9.17, 15) is 4.79 Å². The lowest BCUT2D eigenvalue weighted by Gasteiger charge is -2.05. The molecule has 5 heteroatoms. The van der Waals surface area contributed by atoms with Crippen LogP contribution in [0.1, 0.15) is 28.0 Å². The number of hydrogen-bond acceptors (Lipinski definition) is 4. The van der Waals surface area contributed by atoms with Gasteiger partial charge in [-0.1, -0.05) is 13.0 Å². The fourth-order valence-electron chi connectivity index (χ4n) is 1.47. The zero-order valence-electron chi connectivity index (χ0n) is 10.1. The maximum atomic E-state index is 11.0. The highest BCUT2D eigenvalue weighted by molar-refractivity contribution is 7.09. The number of rotatable bonds is 5. The molecule has 0 aliphatic heterocycles. The Hall–Kier alpha value is -1.88. The molecule has 0 saturated carbocycles. The van der Waals surface area contributed by atoms with Gasteiger partial charge in [0, 0.05) is 10.9 Å². The summed E-state index contributed by atoms with van der Waals surface area (Å²) < 4.78 is 5.58. The molecule has 0 radical (unpaired) electrons. The number of primary amides is 1. The van der Waals surface area contributed by atoms with E-state index in [2.05, 4.69) is 11.9 Å². The molecule has 2 N–H and O–H groups in total. The number of carbonyl (C=O) groups excluding carboxylic acids is 1. The number of amides is 1. The summed E-state index contributed by atoms with van der Waals surface area (Å²) in [6.07, 6.45) is 0.932. The number of aryl methyl sites for hydroxylation is 1. The minimum atomic E-state index is -0.456. The van der Waals surface area contributed by atoms with Crippen LogP contribution in [0.3, 0.4) is 0 Å². The van der Waals surface area contributed by atoms with Crippen molar-refractivity contribution in [3.63, 3.8) is 0 Å². The highest BCUT2D eigenvalue weighted by atomic mass is 32.1. The summed E-state index contributed by atoms with van der Waals surface area (Å²) in [6.45, 7) is 2.47. The third kappa shape index (κ3) is 3.07. The van der Waals surface area contributed by atoms with Crippen LogP contribution in [0.4, 0.5) is 0 Å². The summed E-state index contributed by atoms with van der Waals surface area (Å²) >= 11 is 1.63. The van der Waals surface area contributed by atoms with Crippen LogP contribution in [0.5, 0.6) is 5.75 Å². The molecule has 2 aromatic rings. The van der Waals surface area contributed by atoms with Crippen molar-refractivity contribution in [2.45, 2.75) is 20.0 Å². The number of nitrogens with two attached hydrogens (primary N) is 1. The van der Waals surface area contributed by atoms with Gasteiger partial charge in [0.1, 0.15) is 12.4 Å². The number of aromatic nitrogens is 1. The molecule has 0 spiro atoms. The summed E-state index contributed by atoms with van der Waals surface area (Å²) in [5.41, 5.74) is 6.55. The molecule has 4 nitrogen and oxygen atoms in total. The molecule has 1 amide bonds. The van der Waals surface area contributed by atoms with Crippen LogP contribution in [-0.2, 0) is 13.0 Å². The summed E-state index contributed by atoms with van der Waals surface area (Å²) in [4.78, 5) is 15.4. The molecule has 1 heterocycles. The largest absolute Gasteiger partial charge is 0.487 e. The van der Waals surface area contributed by atoms with Gasteiger partial charge in [0.2, 0.25) is 5.91 Å². The van der Waals surface area contributed by atoms with Gasteiger partial charge in [-0.25, -0.2) is 4.98 Å². The van der Waals surface area contributed by atoms with Crippen molar-refractivity contribution in [3.05, 3.63) is 45.9 Å². The molecule has 0 saturated heterocycles. The molecule has 0 atom stereocenters. The van der Waals surface area contributed by atoms with Gasteiger partial charge in [-0.15, -0.1) is 11.3 Å². The topological polar surface area (TPSA) is 65.2 Å². The Balaban J connectivity index is 2.01. The fourth-order valence-corrected chi connectivity index (χ4v) is 2.20. The third-order valence-corrected chi connectivity index (χ3v) is 3.45. The smallest absolute Gasteiger partial charge is 0.248 e. The number of nitrogens with zero attached hydrogens (tertiary/aromatic N) is 1. The molecule has 1 aromatic heterocycles. The van der Waals surface area contributed by atoms with E-state index < -0.39 is 5.91 Å². The second kappa shape index (κ2) is 5.64. The molecule has 94 valence electrons. The molecule has 2 rings (SSSR count). The molecule has 0 unspecified atom stereocenters. The summed E-state index contributed by atoms with van der Waals surface area (Å²) in [5, 5.41) is 3.08. The predicted octanol–water partition coefficient (Wildman–Crippen LogP) is 2.38. The second-order valence-corrected chi connectivity index (χ2v) is 4.71. The van der Waals surface area contributed by atoms with E-state index in [0.717, 1.165) is 17.1 Å². The van der Waals surface area contributed by atoms with E-state index in [1.807, 2.05) is 5.38 Å². The Morgan fingerprint density at radius 2 is 2.33 bits per heavy atom.